The van der Waals surface area contributed by atoms with E-state index in [0.29, 0.717) is 30.2 Å². The lowest BCUT2D eigenvalue weighted by atomic mass is 10.1. The van der Waals surface area contributed by atoms with E-state index in [2.05, 4.69) is 15.4 Å². The number of H-pyrrole nitrogens is 1. The number of imidazole rings is 1. The van der Waals surface area contributed by atoms with Gasteiger partial charge in [0.05, 0.1) is 6.61 Å². The Labute approximate surface area is 204 Å². The van der Waals surface area contributed by atoms with Gasteiger partial charge in [-0.25, -0.2) is 20.1 Å². The molecule has 3 aromatic rings. The van der Waals surface area contributed by atoms with Gasteiger partial charge >= 0.3 is 5.97 Å². The topological polar surface area (TPSA) is 103 Å². The molecule has 1 saturated heterocycles. The first-order valence-corrected chi connectivity index (χ1v) is 11.8. The van der Waals surface area contributed by atoms with Crippen LogP contribution in [-0.2, 0) is 25.5 Å². The van der Waals surface area contributed by atoms with E-state index in [1.54, 1.807) is 13.0 Å². The van der Waals surface area contributed by atoms with Gasteiger partial charge < -0.3 is 14.5 Å². The van der Waals surface area contributed by atoms with E-state index in [1.165, 1.54) is 6.08 Å². The van der Waals surface area contributed by atoms with Crippen molar-refractivity contribution in [2.24, 2.45) is 0 Å². The number of amides is 1. The van der Waals surface area contributed by atoms with Gasteiger partial charge in [0, 0.05) is 31.1 Å². The summed E-state index contributed by atoms with van der Waals surface area (Å²) in [7, 11) is 0. The van der Waals surface area contributed by atoms with Crippen LogP contribution in [0.5, 0.6) is 0 Å². The van der Waals surface area contributed by atoms with E-state index in [4.69, 9.17) is 14.3 Å². The highest BCUT2D eigenvalue weighted by Gasteiger charge is 2.20. The predicted octanol–water partition coefficient (Wildman–Crippen LogP) is 4.43. The fourth-order valence-electron chi connectivity index (χ4n) is 3.74. The highest BCUT2D eigenvalue weighted by Crippen LogP contribution is 2.23. The zero-order chi connectivity index (χ0) is 24.5. The second-order valence-electron chi connectivity index (χ2n) is 8.13. The van der Waals surface area contributed by atoms with Crippen molar-refractivity contribution in [3.05, 3.63) is 83.3 Å². The minimum atomic E-state index is -0.428. The minimum Gasteiger partial charge on any atom is -0.461 e. The molecule has 0 spiro atoms. The van der Waals surface area contributed by atoms with Crippen LogP contribution in [0.2, 0.25) is 0 Å². The largest absolute Gasteiger partial charge is 0.461 e. The SMILES string of the molecule is CCOC(=O)c1[nH]c(Cc2ccc(C=CC(=O)NOC3CCCCO3)cc2)nc1-c1ccccc1. The fourth-order valence-corrected chi connectivity index (χ4v) is 3.74. The summed E-state index contributed by atoms with van der Waals surface area (Å²) >= 11 is 0. The summed E-state index contributed by atoms with van der Waals surface area (Å²) in [5, 5.41) is 0. The van der Waals surface area contributed by atoms with E-state index in [9.17, 15) is 9.59 Å². The molecule has 1 aromatic heterocycles. The average molecular weight is 476 g/mol. The molecule has 0 bridgehead atoms. The number of rotatable bonds is 9. The first-order chi connectivity index (χ1) is 17.1. The lowest BCUT2D eigenvalue weighted by Crippen LogP contribution is -2.32. The zero-order valence-corrected chi connectivity index (χ0v) is 19.7. The molecule has 0 saturated carbocycles. The molecule has 1 fully saturated rings. The molecular weight excluding hydrogens is 446 g/mol. The van der Waals surface area contributed by atoms with Crippen LogP contribution < -0.4 is 5.48 Å². The van der Waals surface area contributed by atoms with Crippen molar-refractivity contribution in [2.75, 3.05) is 13.2 Å². The van der Waals surface area contributed by atoms with Crippen LogP contribution in [0.4, 0.5) is 0 Å². The average Bonchev–Trinajstić information content (AvgIpc) is 3.32. The Morgan fingerprint density at radius 2 is 1.94 bits per heavy atom. The summed E-state index contributed by atoms with van der Waals surface area (Å²) in [6, 6.07) is 17.3. The highest BCUT2D eigenvalue weighted by atomic mass is 16.8. The molecular formula is C27H29N3O5. The molecule has 8 nitrogen and oxygen atoms in total. The Hall–Kier alpha value is -3.75. The molecule has 2 N–H and O–H groups in total. The van der Waals surface area contributed by atoms with Gasteiger partial charge in [-0.3, -0.25) is 4.79 Å². The van der Waals surface area contributed by atoms with Crippen molar-refractivity contribution in [1.82, 2.24) is 15.4 Å². The Morgan fingerprint density at radius 1 is 1.14 bits per heavy atom. The first-order valence-electron chi connectivity index (χ1n) is 11.8. The Morgan fingerprint density at radius 3 is 2.66 bits per heavy atom. The number of nitrogens with one attached hydrogen (secondary N) is 2. The van der Waals surface area contributed by atoms with E-state index in [1.807, 2.05) is 54.6 Å². The monoisotopic (exact) mass is 475 g/mol. The van der Waals surface area contributed by atoms with Crippen LogP contribution >= 0.6 is 0 Å². The quantitative estimate of drug-likeness (QED) is 0.270. The second kappa shape index (κ2) is 12.1. The summed E-state index contributed by atoms with van der Waals surface area (Å²) in [6.07, 6.45) is 6.08. The third-order valence-corrected chi connectivity index (χ3v) is 5.49. The lowest BCUT2D eigenvalue weighted by Gasteiger charge is -2.21. The molecule has 1 unspecified atom stereocenters. The fraction of sp³-hybridized carbons (Fsp3) is 0.296. The number of carbonyl (C=O) groups excluding carboxylic acids is 2. The zero-order valence-electron chi connectivity index (χ0n) is 19.7. The Balaban J connectivity index is 1.38. The van der Waals surface area contributed by atoms with Crippen molar-refractivity contribution in [3.63, 3.8) is 0 Å². The smallest absolute Gasteiger partial charge is 0.357 e. The summed E-state index contributed by atoms with van der Waals surface area (Å²) in [5.41, 5.74) is 6.05. The summed E-state index contributed by atoms with van der Waals surface area (Å²) in [5.74, 6) is -0.113. The van der Waals surface area contributed by atoms with Gasteiger partial charge in [0.15, 0.2) is 12.0 Å². The molecule has 2 heterocycles. The molecule has 1 aliphatic rings. The van der Waals surface area contributed by atoms with Gasteiger partial charge in [-0.1, -0.05) is 54.6 Å². The van der Waals surface area contributed by atoms with Crippen LogP contribution in [0, 0.1) is 0 Å². The molecule has 4 rings (SSSR count). The second-order valence-corrected chi connectivity index (χ2v) is 8.13. The number of benzene rings is 2. The number of nitrogens with zero attached hydrogens (tertiary/aromatic N) is 1. The van der Waals surface area contributed by atoms with Crippen LogP contribution in [0.3, 0.4) is 0 Å². The van der Waals surface area contributed by atoms with Crippen LogP contribution in [0.1, 0.15) is 53.6 Å². The van der Waals surface area contributed by atoms with Crippen molar-refractivity contribution >= 4 is 18.0 Å². The van der Waals surface area contributed by atoms with Gasteiger partial charge in [-0.2, -0.15) is 0 Å². The molecule has 1 aliphatic heterocycles. The number of carbonyl (C=O) groups is 2. The van der Waals surface area contributed by atoms with Crippen LogP contribution in [-0.4, -0.2) is 41.3 Å². The number of ether oxygens (including phenoxy) is 2. The van der Waals surface area contributed by atoms with Crippen LogP contribution in [0.15, 0.2) is 60.7 Å². The number of aromatic amines is 1. The Kier molecular flexibility index (Phi) is 8.43. The highest BCUT2D eigenvalue weighted by molar-refractivity contribution is 5.94. The van der Waals surface area contributed by atoms with Crippen molar-refractivity contribution in [2.45, 2.75) is 38.9 Å². The van der Waals surface area contributed by atoms with E-state index < -0.39 is 5.97 Å². The van der Waals surface area contributed by atoms with Gasteiger partial charge in [-0.15, -0.1) is 0 Å². The summed E-state index contributed by atoms with van der Waals surface area (Å²) in [6.45, 7) is 2.71. The number of aromatic nitrogens is 2. The van der Waals surface area contributed by atoms with Crippen molar-refractivity contribution < 1.29 is 23.9 Å². The molecule has 0 aliphatic carbocycles. The van der Waals surface area contributed by atoms with Gasteiger partial charge in [0.1, 0.15) is 11.5 Å². The summed E-state index contributed by atoms with van der Waals surface area (Å²) in [4.78, 5) is 37.5. The first kappa shape index (κ1) is 24.4. The molecule has 1 amide bonds. The molecule has 2 aromatic carbocycles. The van der Waals surface area contributed by atoms with E-state index in [-0.39, 0.29) is 18.8 Å². The number of hydrogen-bond donors (Lipinski definition) is 2. The number of hydroxylamine groups is 1. The maximum absolute atomic E-state index is 12.5. The number of esters is 1. The minimum absolute atomic E-state index is 0.287. The number of hydrogen-bond acceptors (Lipinski definition) is 6. The van der Waals surface area contributed by atoms with E-state index in [0.717, 1.165) is 36.0 Å². The summed E-state index contributed by atoms with van der Waals surface area (Å²) < 4.78 is 10.6. The normalized spacial score (nSPS) is 15.7. The Bertz CT molecular complexity index is 1150. The van der Waals surface area contributed by atoms with Gasteiger partial charge in [0.2, 0.25) is 0 Å². The van der Waals surface area contributed by atoms with Crippen molar-refractivity contribution in [1.29, 1.82) is 0 Å². The van der Waals surface area contributed by atoms with E-state index >= 15 is 0 Å². The maximum atomic E-state index is 12.5. The molecule has 8 heteroatoms. The predicted molar refractivity (Wildman–Crippen MR) is 131 cm³/mol. The third kappa shape index (κ3) is 6.88. The standard InChI is InChI=1S/C27H29N3O5/c1-2-33-27(32)26-25(21-8-4-3-5-9-21)28-22(29-26)18-20-13-11-19(12-14-20)15-16-23(31)30-35-24-10-6-7-17-34-24/h3-5,8-9,11-16,24H,2,6-7,10,17-18H2,1H3,(H,28,29)(H,30,31). The van der Waals surface area contributed by atoms with Gasteiger partial charge in [0.25, 0.3) is 5.91 Å². The molecule has 182 valence electrons. The van der Waals surface area contributed by atoms with Crippen LogP contribution in [0.25, 0.3) is 17.3 Å². The molecule has 35 heavy (non-hydrogen) atoms. The van der Waals surface area contributed by atoms with Crippen molar-refractivity contribution in [3.8, 4) is 11.3 Å². The maximum Gasteiger partial charge on any atom is 0.357 e. The van der Waals surface area contributed by atoms with Gasteiger partial charge in [-0.05, 0) is 37.0 Å². The lowest BCUT2D eigenvalue weighted by molar-refractivity contribution is -0.198. The third-order valence-electron chi connectivity index (χ3n) is 5.49. The molecule has 1 atom stereocenters. The molecule has 0 radical (unpaired) electrons.